The summed E-state index contributed by atoms with van der Waals surface area (Å²) in [7, 11) is 0. The summed E-state index contributed by atoms with van der Waals surface area (Å²) < 4.78 is 17.9. The van der Waals surface area contributed by atoms with Gasteiger partial charge in [-0.3, -0.25) is 4.42 Å². The number of benzene rings is 1. The highest BCUT2D eigenvalue weighted by Crippen LogP contribution is 2.29. The molecule has 1 atom stereocenters. The van der Waals surface area contributed by atoms with Crippen LogP contribution in [0.4, 0.5) is 4.39 Å². The lowest BCUT2D eigenvalue weighted by Gasteiger charge is -2.15. The van der Waals surface area contributed by atoms with Crippen LogP contribution in [0.15, 0.2) is 54.1 Å². The highest BCUT2D eigenvalue weighted by atomic mass is 19.1. The van der Waals surface area contributed by atoms with Crippen molar-refractivity contribution in [3.05, 3.63) is 65.5 Å². The van der Waals surface area contributed by atoms with Gasteiger partial charge < -0.3 is 5.11 Å². The first-order valence-electron chi connectivity index (χ1n) is 5.78. The first-order chi connectivity index (χ1) is 9.16. The number of rotatable bonds is 1. The van der Waals surface area contributed by atoms with Crippen molar-refractivity contribution in [1.82, 2.24) is 0 Å². The molecule has 2 aliphatic rings. The Hall–Kier alpha value is -2.49. The molecule has 3 rings (SSSR count). The summed E-state index contributed by atoms with van der Waals surface area (Å²) in [5.74, 6) is -1.47. The summed E-state index contributed by atoms with van der Waals surface area (Å²) in [5.41, 5.74) is 0.347. The molecule has 1 aromatic rings. The zero-order chi connectivity index (χ0) is 13.4. The molecule has 0 saturated heterocycles. The maximum atomic E-state index is 12.8. The fraction of sp³-hybridized carbons (Fsp3) is 0.0667. The first-order valence-corrected chi connectivity index (χ1v) is 5.78. The van der Waals surface area contributed by atoms with Crippen LogP contribution in [0, 0.1) is 11.7 Å². The third-order valence-electron chi connectivity index (χ3n) is 3.07. The molecule has 94 valence electrons. The molecule has 0 amide bonds. The zero-order valence-electron chi connectivity index (χ0n) is 9.80. The Kier molecular flexibility index (Phi) is 2.63. The van der Waals surface area contributed by atoms with Gasteiger partial charge >= 0.3 is 5.97 Å². The van der Waals surface area contributed by atoms with E-state index in [-0.39, 0.29) is 11.1 Å². The average molecular weight is 256 g/mol. The Morgan fingerprint density at radius 3 is 2.68 bits per heavy atom. The van der Waals surface area contributed by atoms with Gasteiger partial charge in [0.2, 0.25) is 5.78 Å². The fourth-order valence-electron chi connectivity index (χ4n) is 2.14. The molecule has 0 saturated carbocycles. The van der Waals surface area contributed by atoms with Gasteiger partial charge in [-0.1, -0.05) is 36.1 Å². The molecule has 1 heterocycles. The van der Waals surface area contributed by atoms with E-state index in [0.29, 0.717) is 5.78 Å². The molecule has 0 bridgehead atoms. The third kappa shape index (κ3) is 1.91. The van der Waals surface area contributed by atoms with Gasteiger partial charge in [0.05, 0.1) is 4.79 Å². The van der Waals surface area contributed by atoms with Crippen molar-refractivity contribution in [2.45, 2.75) is 0 Å². The molecule has 0 fully saturated rings. The number of hydrogen-bond donors (Lipinski definition) is 0. The number of allylic oxidation sites excluding steroid dienone is 4. The SMILES string of the molecule is O=C1[O+]=C2C=CC=CC2/C1=C(\[O-])c1ccc(F)cc1. The maximum absolute atomic E-state index is 12.8. The molecular weight excluding hydrogens is 247 g/mol. The first kappa shape index (κ1) is 11.6. The van der Waals surface area contributed by atoms with Gasteiger partial charge in [0.1, 0.15) is 17.3 Å². The van der Waals surface area contributed by atoms with Crippen molar-refractivity contribution in [3.8, 4) is 0 Å². The lowest BCUT2D eigenvalue weighted by molar-refractivity contribution is -0.367. The van der Waals surface area contributed by atoms with E-state index in [0.717, 1.165) is 0 Å². The number of carbonyl (C=O) groups is 1. The van der Waals surface area contributed by atoms with E-state index in [1.807, 2.05) is 0 Å². The summed E-state index contributed by atoms with van der Waals surface area (Å²) in [6.45, 7) is 0. The fourth-order valence-corrected chi connectivity index (χ4v) is 2.14. The number of hydrogen-bond acceptors (Lipinski definition) is 2. The van der Waals surface area contributed by atoms with Crippen LogP contribution in [-0.2, 0) is 9.22 Å². The van der Waals surface area contributed by atoms with E-state index in [1.165, 1.54) is 24.3 Å². The quantitative estimate of drug-likeness (QED) is 0.432. The van der Waals surface area contributed by atoms with Crippen LogP contribution in [0.5, 0.6) is 0 Å². The van der Waals surface area contributed by atoms with Gasteiger partial charge in [-0.25, -0.2) is 4.39 Å². The second kappa shape index (κ2) is 4.31. The molecule has 0 N–H and O–H groups in total. The maximum Gasteiger partial charge on any atom is 0.609 e. The molecule has 1 aromatic carbocycles. The monoisotopic (exact) mass is 256 g/mol. The predicted octanol–water partition coefficient (Wildman–Crippen LogP) is 1.28. The summed E-state index contributed by atoms with van der Waals surface area (Å²) >= 11 is 0. The Balaban J connectivity index is 2.07. The van der Waals surface area contributed by atoms with Crippen LogP contribution in [-0.4, -0.2) is 11.8 Å². The van der Waals surface area contributed by atoms with Crippen LogP contribution in [0.1, 0.15) is 5.56 Å². The van der Waals surface area contributed by atoms with Crippen LogP contribution in [0.25, 0.3) is 5.76 Å². The summed E-state index contributed by atoms with van der Waals surface area (Å²) in [6.07, 6.45) is 6.89. The predicted molar refractivity (Wildman–Crippen MR) is 65.1 cm³/mol. The molecule has 1 aliphatic carbocycles. The molecule has 1 unspecified atom stereocenters. The Morgan fingerprint density at radius 2 is 1.95 bits per heavy atom. The van der Waals surface area contributed by atoms with Crippen LogP contribution < -0.4 is 5.11 Å². The van der Waals surface area contributed by atoms with E-state index in [9.17, 15) is 14.3 Å². The van der Waals surface area contributed by atoms with Gasteiger partial charge in [-0.2, -0.15) is 0 Å². The van der Waals surface area contributed by atoms with Gasteiger partial charge in [0.25, 0.3) is 0 Å². The van der Waals surface area contributed by atoms with Crippen LogP contribution in [0.3, 0.4) is 0 Å². The van der Waals surface area contributed by atoms with E-state index < -0.39 is 23.5 Å². The molecular formula is C15H9FO3. The molecule has 0 aromatic heterocycles. The van der Waals surface area contributed by atoms with Crippen molar-refractivity contribution in [1.29, 1.82) is 0 Å². The van der Waals surface area contributed by atoms with Crippen molar-refractivity contribution in [2.75, 3.05) is 0 Å². The molecule has 0 spiro atoms. The summed E-state index contributed by atoms with van der Waals surface area (Å²) in [5, 5.41) is 12.3. The lowest BCUT2D eigenvalue weighted by atomic mass is 9.90. The number of ketones is 1. The molecule has 4 heteroatoms. The Bertz CT molecular complexity index is 663. The molecule has 1 aliphatic heterocycles. The number of halogens is 1. The minimum atomic E-state index is -0.634. The molecule has 19 heavy (non-hydrogen) atoms. The highest BCUT2D eigenvalue weighted by Gasteiger charge is 2.42. The van der Waals surface area contributed by atoms with Crippen LogP contribution in [0.2, 0.25) is 0 Å². The van der Waals surface area contributed by atoms with Gasteiger partial charge in [0, 0.05) is 6.08 Å². The molecule has 3 nitrogen and oxygen atoms in total. The second-order valence-electron chi connectivity index (χ2n) is 4.26. The van der Waals surface area contributed by atoms with Crippen LogP contribution >= 0.6 is 0 Å². The van der Waals surface area contributed by atoms with E-state index >= 15 is 0 Å². The zero-order valence-corrected chi connectivity index (χ0v) is 9.80. The topological polar surface area (TPSA) is 51.4 Å². The second-order valence-corrected chi connectivity index (χ2v) is 4.26. The molecule has 0 radical (unpaired) electrons. The van der Waals surface area contributed by atoms with Gasteiger partial charge in [0.15, 0.2) is 0 Å². The van der Waals surface area contributed by atoms with Gasteiger partial charge in [-0.15, -0.1) is 0 Å². The highest BCUT2D eigenvalue weighted by molar-refractivity contribution is 6.12. The number of fused-ring (bicyclic) bond motifs is 1. The minimum Gasteiger partial charge on any atom is -0.872 e. The Morgan fingerprint density at radius 1 is 1.21 bits per heavy atom. The number of carbonyl (C=O) groups excluding carboxylic acids is 2. The summed E-state index contributed by atoms with van der Waals surface area (Å²) in [4.78, 5) is 11.8. The van der Waals surface area contributed by atoms with Crippen molar-refractivity contribution >= 4 is 17.5 Å². The largest absolute Gasteiger partial charge is 0.872 e. The Labute approximate surface area is 108 Å². The van der Waals surface area contributed by atoms with Crippen molar-refractivity contribution < 1.29 is 18.7 Å². The van der Waals surface area contributed by atoms with E-state index in [4.69, 9.17) is 4.42 Å². The lowest BCUT2D eigenvalue weighted by Crippen LogP contribution is -2.17. The van der Waals surface area contributed by atoms with E-state index in [2.05, 4.69) is 0 Å². The average Bonchev–Trinajstić information content (AvgIpc) is 2.74. The van der Waals surface area contributed by atoms with Crippen molar-refractivity contribution in [3.63, 3.8) is 0 Å². The summed E-state index contributed by atoms with van der Waals surface area (Å²) in [6, 6.07) is 5.10. The van der Waals surface area contributed by atoms with E-state index in [1.54, 1.807) is 24.3 Å². The third-order valence-corrected chi connectivity index (χ3v) is 3.07. The normalized spacial score (nSPS) is 23.3. The smallest absolute Gasteiger partial charge is 0.609 e. The van der Waals surface area contributed by atoms with Gasteiger partial charge in [-0.05, 0) is 17.7 Å². The standard InChI is InChI=1S/C15H9FO3/c16-10-7-5-9(6-8-10)14(17)13-11-3-1-2-4-12(11)19-15(13)18/h1-8,11H. The van der Waals surface area contributed by atoms with Crippen molar-refractivity contribution in [2.24, 2.45) is 5.92 Å². The minimum absolute atomic E-state index is 0.0715.